The van der Waals surface area contributed by atoms with Gasteiger partial charge in [-0.15, -0.1) is 0 Å². The van der Waals surface area contributed by atoms with Crippen LogP contribution in [-0.4, -0.2) is 16.5 Å². The van der Waals surface area contributed by atoms with Crippen LogP contribution in [0, 0.1) is 0 Å². The number of ether oxygens (including phenoxy) is 1. The van der Waals surface area contributed by atoms with E-state index in [1.807, 2.05) is 24.3 Å². The number of nitrogens with zero attached hydrogens (tertiary/aromatic N) is 2. The van der Waals surface area contributed by atoms with Gasteiger partial charge in [-0.05, 0) is 17.6 Å². The van der Waals surface area contributed by atoms with Gasteiger partial charge >= 0.3 is 0 Å². The van der Waals surface area contributed by atoms with Crippen molar-refractivity contribution in [1.29, 1.82) is 0 Å². The van der Waals surface area contributed by atoms with E-state index < -0.39 is 0 Å². The fourth-order valence-electron chi connectivity index (χ4n) is 1.29. The molecule has 1 aromatic heterocycles. The lowest BCUT2D eigenvalue weighted by Crippen LogP contribution is -1.94. The fraction of sp³-hybridized carbons (Fsp3) is 0.200. The molecular formula is C10H10N2OS. The van der Waals surface area contributed by atoms with Crippen LogP contribution in [0.25, 0.3) is 0 Å². The number of para-hydroxylation sites is 1. The molecule has 2 rings (SSSR count). The molecule has 72 valence electrons. The topological polar surface area (TPSA) is 35.0 Å². The molecule has 4 heteroatoms. The quantitative estimate of drug-likeness (QED) is 0.771. The highest BCUT2D eigenvalue weighted by Gasteiger charge is 2.04. The molecule has 0 saturated heterocycles. The number of rotatable bonds is 3. The first kappa shape index (κ1) is 9.15. The third-order valence-electron chi connectivity index (χ3n) is 1.95. The average molecular weight is 206 g/mol. The fourth-order valence-corrected chi connectivity index (χ4v) is 1.74. The lowest BCUT2D eigenvalue weighted by molar-refractivity contribution is 0.410. The van der Waals surface area contributed by atoms with Crippen molar-refractivity contribution >= 4 is 11.5 Å². The number of methoxy groups -OCH3 is 1. The van der Waals surface area contributed by atoms with Crippen molar-refractivity contribution < 1.29 is 4.74 Å². The van der Waals surface area contributed by atoms with Crippen molar-refractivity contribution in [3.63, 3.8) is 0 Å². The number of benzene rings is 1. The van der Waals surface area contributed by atoms with Gasteiger partial charge in [-0.25, -0.2) is 4.98 Å². The van der Waals surface area contributed by atoms with Gasteiger partial charge in [0.05, 0.1) is 7.11 Å². The molecule has 3 nitrogen and oxygen atoms in total. The summed E-state index contributed by atoms with van der Waals surface area (Å²) in [6.07, 6.45) is 0.730. The van der Waals surface area contributed by atoms with Gasteiger partial charge in [0.25, 0.3) is 0 Å². The highest BCUT2D eigenvalue weighted by molar-refractivity contribution is 7.03. The van der Waals surface area contributed by atoms with Gasteiger partial charge in [-0.2, -0.15) is 4.37 Å². The summed E-state index contributed by atoms with van der Waals surface area (Å²) < 4.78 is 9.40. The molecule has 2 aromatic rings. The molecule has 0 aliphatic carbocycles. The van der Waals surface area contributed by atoms with Crippen LogP contribution in [0.15, 0.2) is 29.8 Å². The zero-order chi connectivity index (χ0) is 9.80. The largest absolute Gasteiger partial charge is 0.496 e. The summed E-state index contributed by atoms with van der Waals surface area (Å²) in [5.41, 5.74) is 2.86. The minimum absolute atomic E-state index is 0.730. The summed E-state index contributed by atoms with van der Waals surface area (Å²) in [5.74, 6) is 1.74. The van der Waals surface area contributed by atoms with Crippen LogP contribution in [0.1, 0.15) is 11.4 Å². The number of aromatic nitrogens is 2. The molecule has 0 saturated carbocycles. The van der Waals surface area contributed by atoms with Gasteiger partial charge in [0.15, 0.2) is 0 Å². The Morgan fingerprint density at radius 1 is 1.36 bits per heavy atom. The maximum absolute atomic E-state index is 5.24. The Bertz CT molecular complexity index is 400. The van der Waals surface area contributed by atoms with Crippen LogP contribution < -0.4 is 4.74 Å². The first-order valence-electron chi connectivity index (χ1n) is 4.27. The Kier molecular flexibility index (Phi) is 2.74. The van der Waals surface area contributed by atoms with Crippen LogP contribution in [-0.2, 0) is 6.42 Å². The molecule has 0 unspecified atom stereocenters. The second kappa shape index (κ2) is 4.19. The standard InChI is InChI=1S/C10H10N2OS/c1-13-9-5-3-2-4-8(9)6-10-11-7-14-12-10/h2-5,7H,6H2,1H3. The van der Waals surface area contributed by atoms with Gasteiger partial charge in [-0.1, -0.05) is 18.2 Å². The van der Waals surface area contributed by atoms with Crippen molar-refractivity contribution in [2.45, 2.75) is 6.42 Å². The summed E-state index contributed by atoms with van der Waals surface area (Å²) in [7, 11) is 1.67. The molecular weight excluding hydrogens is 196 g/mol. The van der Waals surface area contributed by atoms with Gasteiger partial charge < -0.3 is 4.74 Å². The van der Waals surface area contributed by atoms with Gasteiger partial charge in [0.2, 0.25) is 0 Å². The van der Waals surface area contributed by atoms with Crippen molar-refractivity contribution in [3.05, 3.63) is 41.2 Å². The molecule has 0 amide bonds. The van der Waals surface area contributed by atoms with Gasteiger partial charge in [-0.3, -0.25) is 0 Å². The molecule has 0 N–H and O–H groups in total. The Morgan fingerprint density at radius 3 is 2.93 bits per heavy atom. The van der Waals surface area contributed by atoms with E-state index in [1.54, 1.807) is 12.6 Å². The Labute approximate surface area is 86.6 Å². The summed E-state index contributed by atoms with van der Waals surface area (Å²) in [6.45, 7) is 0. The highest BCUT2D eigenvalue weighted by Crippen LogP contribution is 2.19. The van der Waals surface area contributed by atoms with E-state index in [2.05, 4.69) is 9.36 Å². The van der Waals surface area contributed by atoms with E-state index in [-0.39, 0.29) is 0 Å². The van der Waals surface area contributed by atoms with Crippen LogP contribution in [0.3, 0.4) is 0 Å². The molecule has 0 atom stereocenters. The lowest BCUT2D eigenvalue weighted by atomic mass is 10.1. The molecule has 0 bridgehead atoms. The monoisotopic (exact) mass is 206 g/mol. The maximum Gasteiger partial charge on any atom is 0.146 e. The highest BCUT2D eigenvalue weighted by atomic mass is 32.1. The molecule has 0 spiro atoms. The van der Waals surface area contributed by atoms with E-state index in [1.165, 1.54) is 11.5 Å². The summed E-state index contributed by atoms with van der Waals surface area (Å²) in [5, 5.41) is 0. The summed E-state index contributed by atoms with van der Waals surface area (Å²) in [4.78, 5) is 4.14. The molecule has 1 heterocycles. The first-order chi connectivity index (χ1) is 6.90. The molecule has 0 fully saturated rings. The Morgan fingerprint density at radius 2 is 2.21 bits per heavy atom. The predicted octanol–water partition coefficient (Wildman–Crippen LogP) is 2.14. The first-order valence-corrected chi connectivity index (χ1v) is 5.11. The van der Waals surface area contributed by atoms with Gasteiger partial charge in [0, 0.05) is 12.0 Å². The number of hydrogen-bond donors (Lipinski definition) is 0. The maximum atomic E-state index is 5.24. The molecule has 0 aliphatic rings. The third-order valence-corrected chi connectivity index (χ3v) is 2.46. The predicted molar refractivity (Wildman–Crippen MR) is 55.7 cm³/mol. The zero-order valence-electron chi connectivity index (χ0n) is 7.80. The van der Waals surface area contributed by atoms with Crippen LogP contribution in [0.4, 0.5) is 0 Å². The molecule has 0 aliphatic heterocycles. The smallest absolute Gasteiger partial charge is 0.146 e. The van der Waals surface area contributed by atoms with E-state index in [0.29, 0.717) is 0 Å². The second-order valence-corrected chi connectivity index (χ2v) is 3.44. The minimum atomic E-state index is 0.730. The second-order valence-electron chi connectivity index (χ2n) is 2.84. The SMILES string of the molecule is COc1ccccc1Cc1ncsn1. The van der Waals surface area contributed by atoms with Crippen LogP contribution >= 0.6 is 11.5 Å². The third kappa shape index (κ3) is 1.90. The van der Waals surface area contributed by atoms with Crippen LogP contribution in [0.5, 0.6) is 5.75 Å². The Hall–Kier alpha value is -1.42. The normalized spacial score (nSPS) is 10.1. The van der Waals surface area contributed by atoms with Crippen LogP contribution in [0.2, 0.25) is 0 Å². The number of hydrogen-bond acceptors (Lipinski definition) is 4. The molecule has 0 radical (unpaired) electrons. The van der Waals surface area contributed by atoms with Crippen molar-refractivity contribution in [1.82, 2.24) is 9.36 Å². The summed E-state index contributed by atoms with van der Waals surface area (Å²) >= 11 is 1.37. The van der Waals surface area contributed by atoms with E-state index in [9.17, 15) is 0 Å². The summed E-state index contributed by atoms with van der Waals surface area (Å²) in [6, 6.07) is 7.92. The van der Waals surface area contributed by atoms with E-state index in [4.69, 9.17) is 4.74 Å². The van der Waals surface area contributed by atoms with Crippen molar-refractivity contribution in [3.8, 4) is 5.75 Å². The zero-order valence-corrected chi connectivity index (χ0v) is 8.62. The van der Waals surface area contributed by atoms with E-state index in [0.717, 1.165) is 23.6 Å². The average Bonchev–Trinajstić information content (AvgIpc) is 2.71. The Balaban J connectivity index is 2.24. The van der Waals surface area contributed by atoms with Crippen molar-refractivity contribution in [2.75, 3.05) is 7.11 Å². The van der Waals surface area contributed by atoms with Crippen molar-refractivity contribution in [2.24, 2.45) is 0 Å². The van der Waals surface area contributed by atoms with Gasteiger partial charge in [0.1, 0.15) is 17.1 Å². The molecule has 1 aromatic carbocycles. The minimum Gasteiger partial charge on any atom is -0.496 e. The molecule has 14 heavy (non-hydrogen) atoms. The van der Waals surface area contributed by atoms with E-state index >= 15 is 0 Å². The lowest BCUT2D eigenvalue weighted by Gasteiger charge is -2.05.